The third kappa shape index (κ3) is 2.94. The first kappa shape index (κ1) is 15.6. The van der Waals surface area contributed by atoms with Crippen LogP contribution in [-0.4, -0.2) is 28.2 Å². The van der Waals surface area contributed by atoms with Crippen molar-refractivity contribution < 1.29 is 5.11 Å². The molecule has 1 aromatic heterocycles. The molecule has 2 aromatic carbocycles. The molecule has 0 amide bonds. The topological polar surface area (TPSA) is 49.2 Å². The third-order valence-corrected chi connectivity index (χ3v) is 4.08. The summed E-state index contributed by atoms with van der Waals surface area (Å²) in [6.45, 7) is 5.86. The van der Waals surface area contributed by atoms with Crippen LogP contribution in [0.2, 0.25) is 5.02 Å². The molecule has 0 aliphatic carbocycles. The molecule has 3 rings (SSSR count). The Morgan fingerprint density at radius 1 is 1.04 bits per heavy atom. The summed E-state index contributed by atoms with van der Waals surface area (Å²) < 4.78 is 0. The predicted molar refractivity (Wildman–Crippen MR) is 95.2 cm³/mol. The number of halogens is 1. The highest BCUT2D eigenvalue weighted by Crippen LogP contribution is 2.32. The first-order chi connectivity index (χ1) is 11.1. The molecular weight excluding hydrogens is 310 g/mol. The standard InChI is InChI=1S/C18H18ClN3O/c1-3-22(4-2)18-13-10-9-12(19)11-15(13)20-17(21-18)14-7-5-6-8-16(14)23/h5-11,23H,3-4H2,1-2H3. The number of phenols is 1. The van der Waals surface area contributed by atoms with Crippen molar-refractivity contribution in [2.24, 2.45) is 0 Å². The second-order valence-corrected chi connectivity index (χ2v) is 5.66. The number of anilines is 1. The van der Waals surface area contributed by atoms with E-state index >= 15 is 0 Å². The predicted octanol–water partition coefficient (Wildman–Crippen LogP) is 4.50. The molecule has 0 spiro atoms. The van der Waals surface area contributed by atoms with Gasteiger partial charge in [-0.3, -0.25) is 0 Å². The van der Waals surface area contributed by atoms with Crippen LogP contribution in [0.5, 0.6) is 5.75 Å². The maximum absolute atomic E-state index is 10.1. The van der Waals surface area contributed by atoms with Gasteiger partial charge in [-0.2, -0.15) is 0 Å². The van der Waals surface area contributed by atoms with Crippen molar-refractivity contribution in [3.8, 4) is 17.1 Å². The lowest BCUT2D eigenvalue weighted by molar-refractivity contribution is 0.477. The number of fused-ring (bicyclic) bond motifs is 1. The first-order valence-electron chi connectivity index (χ1n) is 7.64. The van der Waals surface area contributed by atoms with Crippen LogP contribution in [0.3, 0.4) is 0 Å². The number of rotatable bonds is 4. The molecule has 0 fully saturated rings. The quantitative estimate of drug-likeness (QED) is 0.766. The van der Waals surface area contributed by atoms with Crippen molar-refractivity contribution in [2.75, 3.05) is 18.0 Å². The van der Waals surface area contributed by atoms with E-state index in [9.17, 15) is 5.11 Å². The molecule has 0 radical (unpaired) electrons. The van der Waals surface area contributed by atoms with Crippen LogP contribution in [-0.2, 0) is 0 Å². The fraction of sp³-hybridized carbons (Fsp3) is 0.222. The van der Waals surface area contributed by atoms with Gasteiger partial charge < -0.3 is 10.0 Å². The minimum Gasteiger partial charge on any atom is -0.507 e. The summed E-state index contributed by atoms with van der Waals surface area (Å²) in [5.74, 6) is 1.52. The number of benzene rings is 2. The molecule has 118 valence electrons. The van der Waals surface area contributed by atoms with Crippen molar-refractivity contribution in [2.45, 2.75) is 13.8 Å². The number of aromatic nitrogens is 2. The molecule has 0 bridgehead atoms. The fourth-order valence-corrected chi connectivity index (χ4v) is 2.80. The van der Waals surface area contributed by atoms with E-state index in [0.29, 0.717) is 16.4 Å². The van der Waals surface area contributed by atoms with Crippen LogP contribution >= 0.6 is 11.6 Å². The Bertz CT molecular complexity index is 847. The van der Waals surface area contributed by atoms with Crippen molar-refractivity contribution in [1.82, 2.24) is 9.97 Å². The van der Waals surface area contributed by atoms with Gasteiger partial charge >= 0.3 is 0 Å². The molecule has 0 saturated carbocycles. The largest absolute Gasteiger partial charge is 0.507 e. The Labute approximate surface area is 140 Å². The monoisotopic (exact) mass is 327 g/mol. The number of aromatic hydroxyl groups is 1. The van der Waals surface area contributed by atoms with Crippen molar-refractivity contribution in [1.29, 1.82) is 0 Å². The zero-order valence-electron chi connectivity index (χ0n) is 13.1. The van der Waals surface area contributed by atoms with Gasteiger partial charge in [-0.1, -0.05) is 23.7 Å². The summed E-state index contributed by atoms with van der Waals surface area (Å²) in [6, 6.07) is 12.7. The Balaban J connectivity index is 2.30. The van der Waals surface area contributed by atoms with E-state index in [4.69, 9.17) is 16.6 Å². The number of phenolic OH excluding ortho intramolecular Hbond substituents is 1. The molecule has 1 heterocycles. The molecule has 4 nitrogen and oxygen atoms in total. The maximum atomic E-state index is 10.1. The van der Waals surface area contributed by atoms with Crippen molar-refractivity contribution >= 4 is 28.3 Å². The van der Waals surface area contributed by atoms with Crippen LogP contribution in [0.25, 0.3) is 22.3 Å². The van der Waals surface area contributed by atoms with Gasteiger partial charge in [0.15, 0.2) is 5.82 Å². The van der Waals surface area contributed by atoms with Gasteiger partial charge in [-0.25, -0.2) is 9.97 Å². The summed E-state index contributed by atoms with van der Waals surface area (Å²) >= 11 is 6.12. The lowest BCUT2D eigenvalue weighted by Gasteiger charge is -2.22. The second kappa shape index (κ2) is 6.42. The second-order valence-electron chi connectivity index (χ2n) is 5.22. The molecule has 0 aliphatic rings. The highest BCUT2D eigenvalue weighted by molar-refractivity contribution is 6.31. The Hall–Kier alpha value is -2.33. The normalized spacial score (nSPS) is 10.9. The molecule has 5 heteroatoms. The highest BCUT2D eigenvalue weighted by atomic mass is 35.5. The number of para-hydroxylation sites is 1. The van der Waals surface area contributed by atoms with Gasteiger partial charge in [0.2, 0.25) is 0 Å². The minimum absolute atomic E-state index is 0.166. The van der Waals surface area contributed by atoms with Gasteiger partial charge in [-0.15, -0.1) is 0 Å². The number of nitrogens with zero attached hydrogens (tertiary/aromatic N) is 3. The Morgan fingerprint density at radius 2 is 1.78 bits per heavy atom. The lowest BCUT2D eigenvalue weighted by Crippen LogP contribution is -2.23. The highest BCUT2D eigenvalue weighted by Gasteiger charge is 2.15. The zero-order valence-corrected chi connectivity index (χ0v) is 13.9. The van der Waals surface area contributed by atoms with E-state index < -0.39 is 0 Å². The van der Waals surface area contributed by atoms with Crippen LogP contribution in [0, 0.1) is 0 Å². The maximum Gasteiger partial charge on any atom is 0.165 e. The summed E-state index contributed by atoms with van der Waals surface area (Å²) in [5.41, 5.74) is 1.38. The van der Waals surface area contributed by atoms with E-state index in [1.54, 1.807) is 12.1 Å². The Kier molecular flexibility index (Phi) is 4.35. The smallest absolute Gasteiger partial charge is 0.165 e. The number of hydrogen-bond donors (Lipinski definition) is 1. The molecule has 0 unspecified atom stereocenters. The minimum atomic E-state index is 0.166. The summed E-state index contributed by atoms with van der Waals surface area (Å²) in [5, 5.41) is 11.7. The van der Waals surface area contributed by atoms with Crippen molar-refractivity contribution in [3.63, 3.8) is 0 Å². The van der Waals surface area contributed by atoms with Crippen LogP contribution in [0.4, 0.5) is 5.82 Å². The van der Waals surface area contributed by atoms with Crippen LogP contribution < -0.4 is 4.90 Å². The Morgan fingerprint density at radius 3 is 2.48 bits per heavy atom. The molecule has 0 saturated heterocycles. The van der Waals surface area contributed by atoms with Gasteiger partial charge in [0, 0.05) is 23.5 Å². The van der Waals surface area contributed by atoms with E-state index in [2.05, 4.69) is 23.7 Å². The van der Waals surface area contributed by atoms with Crippen LogP contribution in [0.15, 0.2) is 42.5 Å². The fourth-order valence-electron chi connectivity index (χ4n) is 2.63. The molecule has 3 aromatic rings. The summed E-state index contributed by atoms with van der Waals surface area (Å²) in [7, 11) is 0. The summed E-state index contributed by atoms with van der Waals surface area (Å²) in [6.07, 6.45) is 0. The van der Waals surface area contributed by atoms with E-state index in [1.165, 1.54) is 0 Å². The lowest BCUT2D eigenvalue weighted by atomic mass is 10.1. The molecule has 0 atom stereocenters. The van der Waals surface area contributed by atoms with Gasteiger partial charge in [0.1, 0.15) is 11.6 Å². The average Bonchev–Trinajstić information content (AvgIpc) is 2.55. The number of hydrogen-bond acceptors (Lipinski definition) is 4. The molecule has 0 aliphatic heterocycles. The van der Waals surface area contributed by atoms with Gasteiger partial charge in [0.25, 0.3) is 0 Å². The molecule has 1 N–H and O–H groups in total. The molecule has 23 heavy (non-hydrogen) atoms. The van der Waals surface area contributed by atoms with Crippen LogP contribution in [0.1, 0.15) is 13.8 Å². The van der Waals surface area contributed by atoms with E-state index in [-0.39, 0.29) is 5.75 Å². The summed E-state index contributed by atoms with van der Waals surface area (Å²) in [4.78, 5) is 11.5. The zero-order chi connectivity index (χ0) is 16.4. The van der Waals surface area contributed by atoms with E-state index in [1.807, 2.05) is 30.3 Å². The van der Waals surface area contributed by atoms with Crippen molar-refractivity contribution in [3.05, 3.63) is 47.5 Å². The van der Waals surface area contributed by atoms with Gasteiger partial charge in [-0.05, 0) is 44.2 Å². The molecular formula is C18H18ClN3O. The SMILES string of the molecule is CCN(CC)c1nc(-c2ccccc2O)nc2cc(Cl)ccc12. The third-order valence-electron chi connectivity index (χ3n) is 3.85. The van der Waals surface area contributed by atoms with E-state index in [0.717, 1.165) is 29.8 Å². The first-order valence-corrected chi connectivity index (χ1v) is 8.02. The average molecular weight is 328 g/mol. The van der Waals surface area contributed by atoms with Gasteiger partial charge in [0.05, 0.1) is 11.1 Å².